The molecular formula is C17H20N4O2. The summed E-state index contributed by atoms with van der Waals surface area (Å²) in [4.78, 5) is 22.3. The van der Waals surface area contributed by atoms with Crippen LogP contribution in [0, 0.1) is 0 Å². The number of rotatable bonds is 6. The van der Waals surface area contributed by atoms with Gasteiger partial charge in [-0.25, -0.2) is 9.97 Å². The van der Waals surface area contributed by atoms with Crippen molar-refractivity contribution >= 4 is 11.9 Å². The number of carbonyl (C=O) groups excluding carboxylic acids is 1. The molecule has 0 spiro atoms. The van der Waals surface area contributed by atoms with Gasteiger partial charge < -0.3 is 15.0 Å². The van der Waals surface area contributed by atoms with Gasteiger partial charge in [0.05, 0.1) is 13.2 Å². The number of benzene rings is 1. The number of nitrogens with one attached hydrogen (secondary N) is 1. The normalized spacial score (nSPS) is 14.2. The number of ether oxygens (including phenoxy) is 1. The number of anilines is 1. The largest absolute Gasteiger partial charge is 0.497 e. The molecule has 3 rings (SSSR count). The van der Waals surface area contributed by atoms with E-state index in [0.717, 1.165) is 17.7 Å². The lowest BCUT2D eigenvalue weighted by molar-refractivity contribution is -0.135. The van der Waals surface area contributed by atoms with E-state index >= 15 is 0 Å². The zero-order valence-electron chi connectivity index (χ0n) is 13.1. The Balaban J connectivity index is 1.40. The summed E-state index contributed by atoms with van der Waals surface area (Å²) in [5, 5.41) is 3.22. The molecule has 6 nitrogen and oxygen atoms in total. The Bertz CT molecular complexity index is 639. The molecule has 23 heavy (non-hydrogen) atoms. The number of amides is 1. The van der Waals surface area contributed by atoms with Crippen LogP contribution in [0.15, 0.2) is 42.7 Å². The third-order valence-electron chi connectivity index (χ3n) is 3.92. The SMILES string of the molecule is COc1ccc(CCC(=O)N2CC(Nc3ncccn3)C2)cc1. The predicted octanol–water partition coefficient (Wildman–Crippen LogP) is 1.74. The molecular weight excluding hydrogens is 292 g/mol. The van der Waals surface area contributed by atoms with Crippen molar-refractivity contribution in [1.29, 1.82) is 0 Å². The van der Waals surface area contributed by atoms with E-state index in [4.69, 9.17) is 4.74 Å². The number of aromatic nitrogens is 2. The Morgan fingerprint density at radius 3 is 2.61 bits per heavy atom. The van der Waals surface area contributed by atoms with Crippen LogP contribution < -0.4 is 10.1 Å². The van der Waals surface area contributed by atoms with E-state index in [9.17, 15) is 4.79 Å². The minimum absolute atomic E-state index is 0.188. The van der Waals surface area contributed by atoms with E-state index in [2.05, 4.69) is 15.3 Å². The Morgan fingerprint density at radius 2 is 1.96 bits per heavy atom. The minimum atomic E-state index is 0.188. The van der Waals surface area contributed by atoms with E-state index in [1.807, 2.05) is 29.2 Å². The molecule has 2 aromatic rings. The van der Waals surface area contributed by atoms with Gasteiger partial charge in [-0.15, -0.1) is 0 Å². The van der Waals surface area contributed by atoms with Gasteiger partial charge in [0.2, 0.25) is 11.9 Å². The maximum Gasteiger partial charge on any atom is 0.223 e. The molecule has 120 valence electrons. The second kappa shape index (κ2) is 7.09. The summed E-state index contributed by atoms with van der Waals surface area (Å²) in [5.41, 5.74) is 1.15. The van der Waals surface area contributed by atoms with Crippen LogP contribution in [0.3, 0.4) is 0 Å². The number of hydrogen-bond acceptors (Lipinski definition) is 5. The molecule has 0 atom stereocenters. The molecule has 1 fully saturated rings. The summed E-state index contributed by atoms with van der Waals surface area (Å²) in [5.74, 6) is 1.63. The van der Waals surface area contributed by atoms with Crippen molar-refractivity contribution in [2.24, 2.45) is 0 Å². The van der Waals surface area contributed by atoms with Crippen LogP contribution in [-0.4, -0.2) is 47.0 Å². The first-order valence-corrected chi connectivity index (χ1v) is 7.69. The highest BCUT2D eigenvalue weighted by Gasteiger charge is 2.30. The van der Waals surface area contributed by atoms with Crippen molar-refractivity contribution in [3.63, 3.8) is 0 Å². The molecule has 0 radical (unpaired) electrons. The summed E-state index contributed by atoms with van der Waals surface area (Å²) < 4.78 is 5.13. The quantitative estimate of drug-likeness (QED) is 0.880. The Labute approximate surface area is 135 Å². The minimum Gasteiger partial charge on any atom is -0.497 e. The molecule has 0 bridgehead atoms. The standard InChI is InChI=1S/C17H20N4O2/c1-23-15-6-3-13(4-7-15)5-8-16(22)21-11-14(12-21)20-17-18-9-2-10-19-17/h2-4,6-7,9-10,14H,5,8,11-12H2,1H3,(H,18,19,20). The van der Waals surface area contributed by atoms with Crippen LogP contribution in [0.1, 0.15) is 12.0 Å². The third-order valence-corrected chi connectivity index (χ3v) is 3.92. The lowest BCUT2D eigenvalue weighted by Gasteiger charge is -2.39. The van der Waals surface area contributed by atoms with E-state index in [1.54, 1.807) is 25.6 Å². The zero-order chi connectivity index (χ0) is 16.1. The van der Waals surface area contributed by atoms with Gasteiger partial charge in [0, 0.05) is 31.9 Å². The molecule has 2 heterocycles. The molecule has 0 aliphatic carbocycles. The van der Waals surface area contributed by atoms with Crippen molar-refractivity contribution < 1.29 is 9.53 Å². The van der Waals surface area contributed by atoms with Crippen LogP contribution in [0.5, 0.6) is 5.75 Å². The topological polar surface area (TPSA) is 67.3 Å². The van der Waals surface area contributed by atoms with Gasteiger partial charge in [0.25, 0.3) is 0 Å². The van der Waals surface area contributed by atoms with Crippen LogP contribution in [0.4, 0.5) is 5.95 Å². The molecule has 1 amide bonds. The van der Waals surface area contributed by atoms with E-state index in [1.165, 1.54) is 0 Å². The second-order valence-electron chi connectivity index (χ2n) is 5.56. The highest BCUT2D eigenvalue weighted by Crippen LogP contribution is 2.16. The maximum atomic E-state index is 12.2. The Kier molecular flexibility index (Phi) is 4.71. The first-order chi connectivity index (χ1) is 11.2. The van der Waals surface area contributed by atoms with Gasteiger partial charge in [-0.05, 0) is 30.2 Å². The van der Waals surface area contributed by atoms with Gasteiger partial charge >= 0.3 is 0 Å². The molecule has 1 aromatic carbocycles. The van der Waals surface area contributed by atoms with Gasteiger partial charge in [-0.1, -0.05) is 12.1 Å². The van der Waals surface area contributed by atoms with E-state index < -0.39 is 0 Å². The second-order valence-corrected chi connectivity index (χ2v) is 5.56. The summed E-state index contributed by atoms with van der Waals surface area (Å²) >= 11 is 0. The summed E-state index contributed by atoms with van der Waals surface area (Å²) in [7, 11) is 1.65. The van der Waals surface area contributed by atoms with Gasteiger partial charge in [0.1, 0.15) is 5.75 Å². The van der Waals surface area contributed by atoms with Crippen LogP contribution in [0.25, 0.3) is 0 Å². The zero-order valence-corrected chi connectivity index (χ0v) is 13.1. The fourth-order valence-corrected chi connectivity index (χ4v) is 2.53. The Hall–Kier alpha value is -2.63. The van der Waals surface area contributed by atoms with Crippen LogP contribution in [0.2, 0.25) is 0 Å². The average Bonchev–Trinajstić information content (AvgIpc) is 2.57. The molecule has 0 saturated carbocycles. The highest BCUT2D eigenvalue weighted by atomic mass is 16.5. The van der Waals surface area contributed by atoms with Crippen LogP contribution >= 0.6 is 0 Å². The summed E-state index contributed by atoms with van der Waals surface area (Å²) in [6.45, 7) is 1.42. The number of carbonyl (C=O) groups is 1. The lowest BCUT2D eigenvalue weighted by Crippen LogP contribution is -2.57. The first-order valence-electron chi connectivity index (χ1n) is 7.69. The van der Waals surface area contributed by atoms with Crippen molar-refractivity contribution in [2.75, 3.05) is 25.5 Å². The number of hydrogen-bond donors (Lipinski definition) is 1. The molecule has 1 aromatic heterocycles. The van der Waals surface area contributed by atoms with Crippen molar-refractivity contribution in [1.82, 2.24) is 14.9 Å². The lowest BCUT2D eigenvalue weighted by atomic mass is 10.1. The van der Waals surface area contributed by atoms with E-state index in [0.29, 0.717) is 25.5 Å². The molecule has 1 aliphatic heterocycles. The fraction of sp³-hybridized carbons (Fsp3) is 0.353. The van der Waals surface area contributed by atoms with Crippen molar-refractivity contribution in [3.8, 4) is 5.75 Å². The van der Waals surface area contributed by atoms with E-state index in [-0.39, 0.29) is 11.9 Å². The number of methoxy groups -OCH3 is 1. The highest BCUT2D eigenvalue weighted by molar-refractivity contribution is 5.77. The predicted molar refractivity (Wildman–Crippen MR) is 87.3 cm³/mol. The van der Waals surface area contributed by atoms with Gasteiger partial charge in [-0.3, -0.25) is 4.79 Å². The average molecular weight is 312 g/mol. The molecule has 6 heteroatoms. The molecule has 1 aliphatic rings. The first kappa shape index (κ1) is 15.3. The smallest absolute Gasteiger partial charge is 0.223 e. The van der Waals surface area contributed by atoms with Gasteiger partial charge in [0.15, 0.2) is 0 Å². The third kappa shape index (κ3) is 3.97. The number of nitrogens with zero attached hydrogens (tertiary/aromatic N) is 3. The molecule has 1 saturated heterocycles. The van der Waals surface area contributed by atoms with Crippen LogP contribution in [-0.2, 0) is 11.2 Å². The van der Waals surface area contributed by atoms with Crippen molar-refractivity contribution in [3.05, 3.63) is 48.3 Å². The van der Waals surface area contributed by atoms with Crippen molar-refractivity contribution in [2.45, 2.75) is 18.9 Å². The fourth-order valence-electron chi connectivity index (χ4n) is 2.53. The molecule has 0 unspecified atom stereocenters. The van der Waals surface area contributed by atoms with Gasteiger partial charge in [-0.2, -0.15) is 0 Å². The number of likely N-dealkylation sites (tertiary alicyclic amines) is 1. The maximum absolute atomic E-state index is 12.2. The number of aryl methyl sites for hydroxylation is 1. The summed E-state index contributed by atoms with van der Waals surface area (Å²) in [6.07, 6.45) is 4.68. The monoisotopic (exact) mass is 312 g/mol. The molecule has 1 N–H and O–H groups in total. The summed E-state index contributed by atoms with van der Waals surface area (Å²) in [6, 6.07) is 9.86. The Morgan fingerprint density at radius 1 is 1.26 bits per heavy atom.